The Balaban J connectivity index is 1.71. The van der Waals surface area contributed by atoms with Crippen LogP contribution in [-0.4, -0.2) is 20.2 Å². The second-order valence-corrected chi connectivity index (χ2v) is 5.60. The van der Waals surface area contributed by atoms with Gasteiger partial charge in [-0.2, -0.15) is 5.10 Å². The molecule has 0 fully saturated rings. The number of H-pyrrole nitrogens is 1. The number of anilines is 2. The van der Waals surface area contributed by atoms with E-state index >= 15 is 0 Å². The number of halogens is 1. The third kappa shape index (κ3) is 1.78. The van der Waals surface area contributed by atoms with Crippen LogP contribution in [0.4, 0.5) is 15.3 Å². The molecule has 1 aliphatic rings. The van der Waals surface area contributed by atoms with Gasteiger partial charge in [0.25, 0.3) is 0 Å². The van der Waals surface area contributed by atoms with Gasteiger partial charge in [-0.15, -0.1) is 11.3 Å². The number of hydrogen-bond donors (Lipinski definition) is 2. The van der Waals surface area contributed by atoms with E-state index in [1.54, 1.807) is 18.5 Å². The molecule has 100 valence electrons. The van der Waals surface area contributed by atoms with Crippen molar-refractivity contribution < 1.29 is 4.39 Å². The molecule has 4 rings (SSSR count). The first-order valence-corrected chi connectivity index (χ1v) is 7.03. The summed E-state index contributed by atoms with van der Waals surface area (Å²) >= 11 is 1.54. The molecule has 0 aromatic carbocycles. The standard InChI is InChI=1S/C13H10FN5S/c14-8-2-1-5-15-12(8)18-13-17-11-7-6-16-19-9(7)3-4-10(11)20-13/h1-2,5-6H,3-4H2,(H,16,19)(H,15,17,18). The van der Waals surface area contributed by atoms with E-state index in [-0.39, 0.29) is 11.6 Å². The highest BCUT2D eigenvalue weighted by Gasteiger charge is 2.22. The lowest BCUT2D eigenvalue weighted by molar-refractivity contribution is 0.626. The molecule has 1 aliphatic carbocycles. The summed E-state index contributed by atoms with van der Waals surface area (Å²) in [5.74, 6) is -0.185. The Morgan fingerprint density at radius 2 is 2.30 bits per heavy atom. The third-order valence-corrected chi connectivity index (χ3v) is 4.29. The summed E-state index contributed by atoms with van der Waals surface area (Å²) in [5, 5.41) is 10.6. The Bertz CT molecular complexity index is 779. The van der Waals surface area contributed by atoms with Crippen molar-refractivity contribution in [1.82, 2.24) is 20.2 Å². The van der Waals surface area contributed by atoms with E-state index in [0.717, 1.165) is 29.8 Å². The summed E-state index contributed by atoms with van der Waals surface area (Å²) < 4.78 is 13.6. The van der Waals surface area contributed by atoms with Gasteiger partial charge in [0, 0.05) is 22.3 Å². The fraction of sp³-hybridized carbons (Fsp3) is 0.154. The van der Waals surface area contributed by atoms with Gasteiger partial charge in [0.1, 0.15) is 0 Å². The van der Waals surface area contributed by atoms with E-state index < -0.39 is 0 Å². The van der Waals surface area contributed by atoms with Gasteiger partial charge in [-0.05, 0) is 25.0 Å². The molecule has 0 unspecified atom stereocenters. The topological polar surface area (TPSA) is 66.5 Å². The van der Waals surface area contributed by atoms with Gasteiger partial charge >= 0.3 is 0 Å². The van der Waals surface area contributed by atoms with Crippen LogP contribution >= 0.6 is 11.3 Å². The van der Waals surface area contributed by atoms with Crippen molar-refractivity contribution >= 4 is 22.3 Å². The Labute approximate surface area is 117 Å². The molecule has 0 radical (unpaired) electrons. The average molecular weight is 287 g/mol. The van der Waals surface area contributed by atoms with Gasteiger partial charge in [0.2, 0.25) is 0 Å². The maximum absolute atomic E-state index is 13.6. The molecule has 3 heterocycles. The van der Waals surface area contributed by atoms with E-state index in [0.29, 0.717) is 5.13 Å². The second kappa shape index (κ2) is 4.38. The minimum atomic E-state index is -0.385. The van der Waals surface area contributed by atoms with Crippen molar-refractivity contribution in [3.63, 3.8) is 0 Å². The van der Waals surface area contributed by atoms with E-state index in [1.165, 1.54) is 22.3 Å². The Morgan fingerprint density at radius 3 is 3.20 bits per heavy atom. The number of hydrogen-bond acceptors (Lipinski definition) is 5. The van der Waals surface area contributed by atoms with Crippen molar-refractivity contribution in [1.29, 1.82) is 0 Å². The number of thiazole rings is 1. The SMILES string of the molecule is Fc1cccnc1Nc1nc2c(s1)CCc1[nH]ncc1-2. The molecule has 7 heteroatoms. The predicted molar refractivity (Wildman–Crippen MR) is 74.6 cm³/mol. The van der Waals surface area contributed by atoms with Gasteiger partial charge in [0.05, 0.1) is 11.9 Å². The van der Waals surface area contributed by atoms with Gasteiger partial charge in [-0.1, -0.05) is 0 Å². The van der Waals surface area contributed by atoms with Crippen LogP contribution in [0.5, 0.6) is 0 Å². The molecule has 3 aromatic rings. The summed E-state index contributed by atoms with van der Waals surface area (Å²) in [6.45, 7) is 0. The number of pyridine rings is 1. The van der Waals surface area contributed by atoms with Crippen LogP contribution in [0.1, 0.15) is 10.6 Å². The summed E-state index contributed by atoms with van der Waals surface area (Å²) in [7, 11) is 0. The second-order valence-electron chi connectivity index (χ2n) is 4.51. The van der Waals surface area contributed by atoms with Crippen LogP contribution in [0.2, 0.25) is 0 Å². The molecular formula is C13H10FN5S. The number of aromatic nitrogens is 4. The lowest BCUT2D eigenvalue weighted by Gasteiger charge is -2.08. The molecule has 0 spiro atoms. The lowest BCUT2D eigenvalue weighted by Crippen LogP contribution is -2.00. The van der Waals surface area contributed by atoms with Crippen molar-refractivity contribution in [3.8, 4) is 11.3 Å². The Hall–Kier alpha value is -2.28. The van der Waals surface area contributed by atoms with Crippen LogP contribution in [0.15, 0.2) is 24.5 Å². The van der Waals surface area contributed by atoms with E-state index in [9.17, 15) is 4.39 Å². The highest BCUT2D eigenvalue weighted by Crippen LogP contribution is 2.37. The van der Waals surface area contributed by atoms with Gasteiger partial charge in [-0.25, -0.2) is 14.4 Å². The molecular weight excluding hydrogens is 277 g/mol. The van der Waals surface area contributed by atoms with E-state index in [2.05, 4.69) is 25.5 Å². The molecule has 0 aliphatic heterocycles. The Kier molecular flexibility index (Phi) is 2.53. The normalized spacial score (nSPS) is 12.8. The van der Waals surface area contributed by atoms with Crippen LogP contribution in [0.25, 0.3) is 11.3 Å². The fourth-order valence-corrected chi connectivity index (χ4v) is 3.28. The van der Waals surface area contributed by atoms with Crippen molar-refractivity contribution in [2.24, 2.45) is 0 Å². The zero-order chi connectivity index (χ0) is 13.5. The Morgan fingerprint density at radius 1 is 1.35 bits per heavy atom. The molecule has 3 aromatic heterocycles. The number of fused-ring (bicyclic) bond motifs is 3. The van der Waals surface area contributed by atoms with E-state index in [4.69, 9.17) is 0 Å². The molecule has 0 atom stereocenters. The molecule has 2 N–H and O–H groups in total. The van der Waals surface area contributed by atoms with Crippen molar-refractivity contribution in [2.75, 3.05) is 5.32 Å². The smallest absolute Gasteiger partial charge is 0.189 e. The van der Waals surface area contributed by atoms with Crippen LogP contribution in [-0.2, 0) is 12.8 Å². The first-order chi connectivity index (χ1) is 9.81. The van der Waals surface area contributed by atoms with Gasteiger partial charge in [0.15, 0.2) is 16.8 Å². The maximum Gasteiger partial charge on any atom is 0.189 e. The first kappa shape index (κ1) is 11.5. The van der Waals surface area contributed by atoms with Crippen LogP contribution < -0.4 is 5.32 Å². The summed E-state index contributed by atoms with van der Waals surface area (Å²) in [6, 6.07) is 2.93. The van der Waals surface area contributed by atoms with Crippen LogP contribution in [0, 0.1) is 5.82 Å². The molecule has 20 heavy (non-hydrogen) atoms. The van der Waals surface area contributed by atoms with Crippen molar-refractivity contribution in [3.05, 3.63) is 40.9 Å². The number of rotatable bonds is 2. The van der Waals surface area contributed by atoms with Gasteiger partial charge < -0.3 is 5.32 Å². The summed E-state index contributed by atoms with van der Waals surface area (Å²) in [5.41, 5.74) is 3.08. The largest absolute Gasteiger partial charge is 0.314 e. The van der Waals surface area contributed by atoms with Gasteiger partial charge in [-0.3, -0.25) is 5.10 Å². The lowest BCUT2D eigenvalue weighted by atomic mass is 10.0. The minimum Gasteiger partial charge on any atom is -0.314 e. The quantitative estimate of drug-likeness (QED) is 0.760. The summed E-state index contributed by atoms with van der Waals surface area (Å²) in [4.78, 5) is 9.71. The highest BCUT2D eigenvalue weighted by atomic mass is 32.1. The number of aromatic amines is 1. The van der Waals surface area contributed by atoms with E-state index in [1.807, 2.05) is 0 Å². The molecule has 0 amide bonds. The molecule has 5 nitrogen and oxygen atoms in total. The van der Waals surface area contributed by atoms with Crippen LogP contribution in [0.3, 0.4) is 0 Å². The summed E-state index contributed by atoms with van der Waals surface area (Å²) in [6.07, 6.45) is 5.20. The minimum absolute atomic E-state index is 0.200. The number of aryl methyl sites for hydroxylation is 2. The molecule has 0 saturated heterocycles. The predicted octanol–water partition coefficient (Wildman–Crippen LogP) is 2.91. The first-order valence-electron chi connectivity index (χ1n) is 6.21. The monoisotopic (exact) mass is 287 g/mol. The molecule has 0 saturated carbocycles. The zero-order valence-electron chi connectivity index (χ0n) is 10.4. The fourth-order valence-electron chi connectivity index (χ4n) is 2.31. The maximum atomic E-state index is 13.6. The highest BCUT2D eigenvalue weighted by molar-refractivity contribution is 7.16. The molecule has 0 bridgehead atoms. The number of nitrogens with one attached hydrogen (secondary N) is 2. The number of nitrogens with zero attached hydrogens (tertiary/aromatic N) is 3. The van der Waals surface area contributed by atoms with Crippen molar-refractivity contribution in [2.45, 2.75) is 12.8 Å². The average Bonchev–Trinajstić information content (AvgIpc) is 3.06. The third-order valence-electron chi connectivity index (χ3n) is 3.26. The zero-order valence-corrected chi connectivity index (χ0v) is 11.2.